The summed E-state index contributed by atoms with van der Waals surface area (Å²) in [5.74, 6) is 0. The molecule has 2 heteroatoms. The van der Waals surface area contributed by atoms with Gasteiger partial charge in [-0.1, -0.05) is 20.8 Å². The molecule has 0 aliphatic carbocycles. The van der Waals surface area contributed by atoms with E-state index in [2.05, 4.69) is 32.7 Å². The first kappa shape index (κ1) is 10.4. The van der Waals surface area contributed by atoms with Crippen molar-refractivity contribution in [1.82, 2.24) is 4.90 Å². The predicted molar refractivity (Wildman–Crippen MR) is 58.2 cm³/mol. The maximum atomic E-state index is 10.7. The zero-order chi connectivity index (χ0) is 10.6. The van der Waals surface area contributed by atoms with Gasteiger partial charge in [0.05, 0.1) is 5.60 Å². The standard InChI is InChI=1S/C12H23NO/c1-11(2,3)12(14)7-9-5-6-10(8-12)13(9)4/h9-10,14H,5-8H2,1-4H3. The Kier molecular flexibility index (Phi) is 2.20. The minimum absolute atomic E-state index is 0.0229. The Morgan fingerprint density at radius 2 is 1.57 bits per heavy atom. The summed E-state index contributed by atoms with van der Waals surface area (Å²) in [5.41, 5.74) is -0.416. The second-order valence-corrected chi connectivity index (χ2v) is 6.24. The molecule has 82 valence electrons. The second-order valence-electron chi connectivity index (χ2n) is 6.24. The van der Waals surface area contributed by atoms with Crippen LogP contribution >= 0.6 is 0 Å². The highest BCUT2D eigenvalue weighted by Crippen LogP contribution is 2.47. The summed E-state index contributed by atoms with van der Waals surface area (Å²) < 4.78 is 0. The van der Waals surface area contributed by atoms with Crippen LogP contribution in [0.5, 0.6) is 0 Å². The van der Waals surface area contributed by atoms with Gasteiger partial charge in [0.15, 0.2) is 0 Å². The summed E-state index contributed by atoms with van der Waals surface area (Å²) in [6.07, 6.45) is 4.48. The molecule has 0 aromatic carbocycles. The summed E-state index contributed by atoms with van der Waals surface area (Å²) in [4.78, 5) is 2.47. The molecule has 0 saturated carbocycles. The zero-order valence-electron chi connectivity index (χ0n) is 9.88. The van der Waals surface area contributed by atoms with Crippen LogP contribution < -0.4 is 0 Å². The van der Waals surface area contributed by atoms with Gasteiger partial charge >= 0.3 is 0 Å². The summed E-state index contributed by atoms with van der Waals surface area (Å²) in [6, 6.07) is 1.25. The third kappa shape index (κ3) is 1.40. The zero-order valence-corrected chi connectivity index (χ0v) is 9.88. The van der Waals surface area contributed by atoms with E-state index in [4.69, 9.17) is 0 Å². The van der Waals surface area contributed by atoms with Gasteiger partial charge < -0.3 is 10.0 Å². The number of rotatable bonds is 0. The molecule has 2 aliphatic rings. The van der Waals surface area contributed by atoms with Gasteiger partial charge in [0.2, 0.25) is 0 Å². The van der Waals surface area contributed by atoms with E-state index in [0.717, 1.165) is 12.8 Å². The molecule has 2 rings (SSSR count). The van der Waals surface area contributed by atoms with Crippen LogP contribution in [0.3, 0.4) is 0 Å². The largest absolute Gasteiger partial charge is 0.389 e. The number of hydrogen-bond acceptors (Lipinski definition) is 2. The Morgan fingerprint density at radius 1 is 1.14 bits per heavy atom. The van der Waals surface area contributed by atoms with Crippen molar-refractivity contribution < 1.29 is 5.11 Å². The first-order valence-corrected chi connectivity index (χ1v) is 5.78. The maximum absolute atomic E-state index is 10.7. The van der Waals surface area contributed by atoms with Gasteiger partial charge in [-0.05, 0) is 38.1 Å². The van der Waals surface area contributed by atoms with Crippen molar-refractivity contribution in [2.24, 2.45) is 5.41 Å². The maximum Gasteiger partial charge on any atom is 0.0725 e. The Morgan fingerprint density at radius 3 is 1.93 bits per heavy atom. The highest BCUT2D eigenvalue weighted by molar-refractivity contribution is 5.05. The molecule has 0 aromatic heterocycles. The van der Waals surface area contributed by atoms with E-state index in [1.165, 1.54) is 12.8 Å². The fraction of sp³-hybridized carbons (Fsp3) is 1.00. The number of aliphatic hydroxyl groups is 1. The molecule has 0 spiro atoms. The molecule has 2 saturated heterocycles. The average molecular weight is 197 g/mol. The Labute approximate surface area is 87.3 Å². The lowest BCUT2D eigenvalue weighted by Gasteiger charge is -2.49. The van der Waals surface area contributed by atoms with E-state index in [1.54, 1.807) is 0 Å². The van der Waals surface area contributed by atoms with Crippen LogP contribution in [0.1, 0.15) is 46.5 Å². The fourth-order valence-electron chi connectivity index (χ4n) is 3.06. The Balaban J connectivity index is 2.20. The van der Waals surface area contributed by atoms with Crippen molar-refractivity contribution in [2.75, 3.05) is 7.05 Å². The summed E-state index contributed by atoms with van der Waals surface area (Å²) in [6.45, 7) is 6.49. The van der Waals surface area contributed by atoms with Gasteiger partial charge in [0.25, 0.3) is 0 Å². The average Bonchev–Trinajstić information content (AvgIpc) is 2.32. The molecule has 14 heavy (non-hydrogen) atoms. The molecule has 2 unspecified atom stereocenters. The van der Waals surface area contributed by atoms with Gasteiger partial charge in [0.1, 0.15) is 0 Å². The molecule has 0 radical (unpaired) electrons. The van der Waals surface area contributed by atoms with E-state index in [-0.39, 0.29) is 5.41 Å². The van der Waals surface area contributed by atoms with Crippen LogP contribution in [0, 0.1) is 5.41 Å². The molecule has 2 bridgehead atoms. The third-order valence-corrected chi connectivity index (χ3v) is 4.53. The van der Waals surface area contributed by atoms with Crippen LogP contribution in [-0.4, -0.2) is 34.7 Å². The van der Waals surface area contributed by atoms with Gasteiger partial charge in [-0.25, -0.2) is 0 Å². The molecule has 1 N–H and O–H groups in total. The molecular weight excluding hydrogens is 174 g/mol. The van der Waals surface area contributed by atoms with E-state index in [1.807, 2.05) is 0 Å². The van der Waals surface area contributed by atoms with Crippen LogP contribution in [0.2, 0.25) is 0 Å². The van der Waals surface area contributed by atoms with Crippen molar-refractivity contribution in [2.45, 2.75) is 64.1 Å². The summed E-state index contributed by atoms with van der Waals surface area (Å²) in [5, 5.41) is 10.7. The number of nitrogens with zero attached hydrogens (tertiary/aromatic N) is 1. The first-order valence-electron chi connectivity index (χ1n) is 5.78. The minimum atomic E-state index is -0.439. The number of hydrogen-bond donors (Lipinski definition) is 1. The minimum Gasteiger partial charge on any atom is -0.389 e. The van der Waals surface area contributed by atoms with Crippen molar-refractivity contribution in [3.8, 4) is 0 Å². The molecule has 2 atom stereocenters. The lowest BCUT2D eigenvalue weighted by Crippen LogP contribution is -2.55. The van der Waals surface area contributed by atoms with Crippen LogP contribution in [0.15, 0.2) is 0 Å². The smallest absolute Gasteiger partial charge is 0.0725 e. The highest BCUT2D eigenvalue weighted by Gasteiger charge is 2.51. The molecule has 2 aliphatic heterocycles. The monoisotopic (exact) mass is 197 g/mol. The summed E-state index contributed by atoms with van der Waals surface area (Å²) >= 11 is 0. The van der Waals surface area contributed by atoms with Crippen LogP contribution in [0.25, 0.3) is 0 Å². The first-order chi connectivity index (χ1) is 6.33. The lowest BCUT2D eigenvalue weighted by atomic mass is 9.69. The van der Waals surface area contributed by atoms with Gasteiger partial charge in [0, 0.05) is 12.1 Å². The molecule has 2 nitrogen and oxygen atoms in total. The van der Waals surface area contributed by atoms with Gasteiger partial charge in [-0.3, -0.25) is 0 Å². The third-order valence-electron chi connectivity index (χ3n) is 4.53. The van der Waals surface area contributed by atoms with Gasteiger partial charge in [-0.2, -0.15) is 0 Å². The molecule has 0 aromatic rings. The van der Waals surface area contributed by atoms with Crippen LogP contribution in [0.4, 0.5) is 0 Å². The van der Waals surface area contributed by atoms with Crippen LogP contribution in [-0.2, 0) is 0 Å². The second kappa shape index (κ2) is 2.96. The quantitative estimate of drug-likeness (QED) is 0.642. The fourth-order valence-corrected chi connectivity index (χ4v) is 3.06. The topological polar surface area (TPSA) is 23.5 Å². The van der Waals surface area contributed by atoms with E-state index < -0.39 is 5.60 Å². The normalized spacial score (nSPS) is 44.4. The SMILES string of the molecule is CN1C2CCC1CC(O)(C(C)(C)C)C2. The van der Waals surface area contributed by atoms with Crippen molar-refractivity contribution in [3.05, 3.63) is 0 Å². The molecule has 2 heterocycles. The number of piperidine rings is 1. The van der Waals surface area contributed by atoms with E-state index in [0.29, 0.717) is 12.1 Å². The summed E-state index contributed by atoms with van der Waals surface area (Å²) in [7, 11) is 2.21. The number of fused-ring (bicyclic) bond motifs is 2. The van der Waals surface area contributed by atoms with Crippen molar-refractivity contribution in [3.63, 3.8) is 0 Å². The van der Waals surface area contributed by atoms with E-state index >= 15 is 0 Å². The molecular formula is C12H23NO. The predicted octanol–water partition coefficient (Wildman–Crippen LogP) is 2.02. The Hall–Kier alpha value is -0.0800. The lowest BCUT2D eigenvalue weighted by molar-refractivity contribution is -0.115. The van der Waals surface area contributed by atoms with E-state index in [9.17, 15) is 5.11 Å². The Bertz CT molecular complexity index is 217. The molecule has 2 fully saturated rings. The van der Waals surface area contributed by atoms with Gasteiger partial charge in [-0.15, -0.1) is 0 Å². The molecule has 0 amide bonds. The highest BCUT2D eigenvalue weighted by atomic mass is 16.3. The van der Waals surface area contributed by atoms with Crippen molar-refractivity contribution in [1.29, 1.82) is 0 Å². The van der Waals surface area contributed by atoms with Crippen molar-refractivity contribution >= 4 is 0 Å².